The summed E-state index contributed by atoms with van der Waals surface area (Å²) in [4.78, 5) is 21.3. The van der Waals surface area contributed by atoms with Crippen LogP contribution in [-0.4, -0.2) is 74.1 Å². The van der Waals surface area contributed by atoms with Crippen molar-refractivity contribution < 1.29 is 4.39 Å². The molecule has 6 rings (SSSR count). The van der Waals surface area contributed by atoms with Crippen molar-refractivity contribution in [1.82, 2.24) is 32.8 Å². The van der Waals surface area contributed by atoms with E-state index in [1.807, 2.05) is 54.4 Å². The second-order valence-corrected chi connectivity index (χ2v) is 11.3. The summed E-state index contributed by atoms with van der Waals surface area (Å²) in [5.74, 6) is 0.297. The van der Waals surface area contributed by atoms with Crippen LogP contribution in [0.3, 0.4) is 0 Å². The number of nitrogens with zero attached hydrogens (tertiary/aromatic N) is 7. The van der Waals surface area contributed by atoms with Gasteiger partial charge in [-0.3, -0.25) is 9.97 Å². The van der Waals surface area contributed by atoms with Crippen molar-refractivity contribution in [2.24, 2.45) is 0 Å². The van der Waals surface area contributed by atoms with E-state index >= 15 is 0 Å². The second kappa shape index (κ2) is 11.1. The third-order valence-electron chi connectivity index (χ3n) is 6.93. The summed E-state index contributed by atoms with van der Waals surface area (Å²) in [5.41, 5.74) is 8.38. The molecule has 4 aromatic heterocycles. The van der Waals surface area contributed by atoms with Crippen LogP contribution in [0.4, 0.5) is 15.8 Å². The van der Waals surface area contributed by atoms with Crippen molar-refractivity contribution in [3.05, 3.63) is 73.1 Å². The summed E-state index contributed by atoms with van der Waals surface area (Å²) < 4.78 is 16.5. The number of likely N-dealkylation sites (N-methyl/N-ethyl adjacent to an activating group) is 1. The fraction of sp³-hybridized carbons (Fsp3) is 0.200. The van der Waals surface area contributed by atoms with Gasteiger partial charge >= 0.3 is 0 Å². The first-order valence-corrected chi connectivity index (χ1v) is 14.1. The van der Waals surface area contributed by atoms with E-state index in [0.717, 1.165) is 51.0 Å². The number of anilines is 2. The number of imidazole rings is 1. The minimum atomic E-state index is -0.322. The average molecular weight is 662 g/mol. The lowest BCUT2D eigenvalue weighted by Gasteiger charge is -2.13. The number of benzene rings is 2. The highest BCUT2D eigenvalue weighted by molar-refractivity contribution is 14.1. The van der Waals surface area contributed by atoms with Crippen molar-refractivity contribution >= 4 is 56.2 Å². The molecule has 9 nitrogen and oxygen atoms in total. The molecule has 11 heteroatoms. The Labute approximate surface area is 250 Å². The largest absolute Gasteiger partial charge is 0.384 e. The van der Waals surface area contributed by atoms with Gasteiger partial charge in [0.2, 0.25) is 0 Å². The first-order valence-electron chi connectivity index (χ1n) is 13.1. The van der Waals surface area contributed by atoms with E-state index in [2.05, 4.69) is 72.3 Å². The molecule has 4 heterocycles. The highest BCUT2D eigenvalue weighted by Gasteiger charge is 2.18. The summed E-state index contributed by atoms with van der Waals surface area (Å²) in [7, 11) is 8.01. The fourth-order valence-corrected chi connectivity index (χ4v) is 5.43. The van der Waals surface area contributed by atoms with Gasteiger partial charge in [-0.05, 0) is 61.6 Å². The number of H-pyrrole nitrogens is 1. The molecule has 2 N–H and O–H groups in total. The second-order valence-electron chi connectivity index (χ2n) is 10.4. The van der Waals surface area contributed by atoms with Crippen LogP contribution in [0.15, 0.2) is 67.3 Å². The van der Waals surface area contributed by atoms with Crippen molar-refractivity contribution in [2.45, 2.75) is 0 Å². The van der Waals surface area contributed by atoms with E-state index in [1.54, 1.807) is 12.4 Å². The van der Waals surface area contributed by atoms with Crippen molar-refractivity contribution in [1.29, 1.82) is 0 Å². The summed E-state index contributed by atoms with van der Waals surface area (Å²) in [6.07, 6.45) is 7.17. The number of halogens is 2. The molecular weight excluding hydrogens is 632 g/mol. The molecule has 0 amide bonds. The Morgan fingerprint density at radius 3 is 2.56 bits per heavy atom. The van der Waals surface area contributed by atoms with Gasteiger partial charge in [-0.25, -0.2) is 12.3 Å². The summed E-state index contributed by atoms with van der Waals surface area (Å²) in [6.45, 7) is 1.54. The molecule has 0 aliphatic heterocycles. The van der Waals surface area contributed by atoms with E-state index in [0.29, 0.717) is 29.1 Å². The minimum absolute atomic E-state index is 0.322. The molecule has 208 valence electrons. The van der Waals surface area contributed by atoms with Crippen LogP contribution in [0.1, 0.15) is 0 Å². The maximum atomic E-state index is 14.7. The third kappa shape index (κ3) is 5.46. The smallest absolute Gasteiger partial charge is 0.159 e. The summed E-state index contributed by atoms with van der Waals surface area (Å²) >= 11 is 2.18. The maximum absolute atomic E-state index is 14.7. The van der Waals surface area contributed by atoms with Crippen LogP contribution in [0.25, 0.3) is 55.7 Å². The van der Waals surface area contributed by atoms with Crippen LogP contribution in [0.5, 0.6) is 0 Å². The molecular formula is C30H29FIN9. The Morgan fingerprint density at radius 2 is 1.76 bits per heavy atom. The van der Waals surface area contributed by atoms with E-state index in [9.17, 15) is 4.39 Å². The van der Waals surface area contributed by atoms with Crippen LogP contribution in [-0.2, 0) is 0 Å². The van der Waals surface area contributed by atoms with Crippen LogP contribution >= 0.6 is 22.9 Å². The molecule has 0 aliphatic carbocycles. The van der Waals surface area contributed by atoms with Gasteiger partial charge in [-0.15, -0.1) is 0 Å². The molecule has 0 fully saturated rings. The number of pyridine rings is 2. The minimum Gasteiger partial charge on any atom is -0.384 e. The van der Waals surface area contributed by atoms with E-state index in [1.165, 1.54) is 12.1 Å². The van der Waals surface area contributed by atoms with Gasteiger partial charge in [0.15, 0.2) is 5.82 Å². The first-order chi connectivity index (χ1) is 19.8. The molecule has 0 bridgehead atoms. The Kier molecular flexibility index (Phi) is 7.30. The highest BCUT2D eigenvalue weighted by Crippen LogP contribution is 2.35. The Balaban J connectivity index is 1.42. The summed E-state index contributed by atoms with van der Waals surface area (Å²) in [5, 5.41) is 9.07. The molecule has 2 aromatic carbocycles. The molecule has 0 spiro atoms. The molecule has 0 aliphatic rings. The first kappa shape index (κ1) is 27.1. The average Bonchev–Trinajstić information content (AvgIpc) is 3.53. The van der Waals surface area contributed by atoms with Gasteiger partial charge in [0.1, 0.15) is 11.5 Å². The van der Waals surface area contributed by atoms with Crippen LogP contribution < -0.4 is 10.2 Å². The van der Waals surface area contributed by atoms with Gasteiger partial charge < -0.3 is 20.1 Å². The number of fused-ring (bicyclic) bond motifs is 2. The molecule has 0 radical (unpaired) electrons. The van der Waals surface area contributed by atoms with Crippen molar-refractivity contribution in [3.63, 3.8) is 0 Å². The standard InChI is InChI=1S/C30H29FIN9/c1-39(2)8-7-35-22-10-19(9-21(31)13-22)25-16-34-17-26-28(25)37-30(36-26)29-24-12-18(5-6-27(24)41(32)38-29)20-11-23(40(3)4)15-33-14-20/h5-6,9-17,35H,7-8H2,1-4H3,(H,36,37). The maximum Gasteiger partial charge on any atom is 0.159 e. The predicted molar refractivity (Wildman–Crippen MR) is 172 cm³/mol. The van der Waals surface area contributed by atoms with Gasteiger partial charge in [0.25, 0.3) is 0 Å². The number of nitrogens with one attached hydrogen (secondary N) is 2. The molecule has 0 saturated carbocycles. The highest BCUT2D eigenvalue weighted by atomic mass is 127. The molecule has 41 heavy (non-hydrogen) atoms. The van der Waals surface area contributed by atoms with Crippen molar-refractivity contribution in [2.75, 3.05) is 51.5 Å². The van der Waals surface area contributed by atoms with E-state index in [4.69, 9.17) is 10.1 Å². The molecule has 6 aromatic rings. The fourth-order valence-electron chi connectivity index (χ4n) is 4.79. The van der Waals surface area contributed by atoms with Gasteiger partial charge in [0, 0.05) is 61.8 Å². The Morgan fingerprint density at radius 1 is 0.927 bits per heavy atom. The molecule has 0 unspecified atom stereocenters. The monoisotopic (exact) mass is 661 g/mol. The number of aromatic nitrogens is 6. The normalized spacial score (nSPS) is 11.6. The topological polar surface area (TPSA) is 90.8 Å². The van der Waals surface area contributed by atoms with Crippen LogP contribution in [0, 0.1) is 5.82 Å². The lowest BCUT2D eigenvalue weighted by molar-refractivity contribution is 0.425. The quantitative estimate of drug-likeness (QED) is 0.191. The molecule has 0 saturated heterocycles. The summed E-state index contributed by atoms with van der Waals surface area (Å²) in [6, 6.07) is 13.3. The lowest BCUT2D eigenvalue weighted by atomic mass is 10.0. The number of hydrogen-bond acceptors (Lipinski definition) is 7. The van der Waals surface area contributed by atoms with Gasteiger partial charge in [-0.2, -0.15) is 5.10 Å². The number of hydrogen-bond donors (Lipinski definition) is 2. The zero-order valence-corrected chi connectivity index (χ0v) is 25.3. The predicted octanol–water partition coefficient (Wildman–Crippen LogP) is 6.08. The number of rotatable bonds is 8. The zero-order chi connectivity index (χ0) is 28.7. The van der Waals surface area contributed by atoms with E-state index in [-0.39, 0.29) is 5.82 Å². The van der Waals surface area contributed by atoms with Gasteiger partial charge in [0.05, 0.1) is 57.5 Å². The van der Waals surface area contributed by atoms with Crippen LogP contribution in [0.2, 0.25) is 0 Å². The Bertz CT molecular complexity index is 1880. The number of aromatic amines is 1. The Hall–Kier alpha value is -4.10. The van der Waals surface area contributed by atoms with E-state index < -0.39 is 0 Å². The molecule has 0 atom stereocenters. The lowest BCUT2D eigenvalue weighted by Crippen LogP contribution is -2.20. The SMILES string of the molecule is CN(C)CCNc1cc(F)cc(-c2cncc3[nH]c(-c4nn(I)c5ccc(-c6cncc(N(C)C)c6)cc45)nc23)c1. The zero-order valence-electron chi connectivity index (χ0n) is 23.2. The van der Waals surface area contributed by atoms with Crippen molar-refractivity contribution in [3.8, 4) is 33.8 Å². The third-order valence-corrected chi connectivity index (χ3v) is 7.66. The van der Waals surface area contributed by atoms with Gasteiger partial charge in [-0.1, -0.05) is 6.07 Å².